The molecule has 1 aromatic carbocycles. The number of nitrogens with zero attached hydrogens (tertiary/aromatic N) is 3. The standard InChI is InChI=1S/C18H15N5O/c24-18(14-6-7-17(19-11-14)23-9-3-8-21-23)20-12-15-10-13-4-1-2-5-16(13)22-15/h1-11,22H,12H2,(H,20,24). The summed E-state index contributed by atoms with van der Waals surface area (Å²) < 4.78 is 1.65. The molecule has 3 aromatic heterocycles. The number of fused-ring (bicyclic) bond motifs is 1. The molecule has 6 heteroatoms. The Balaban J connectivity index is 1.44. The van der Waals surface area contributed by atoms with Crippen molar-refractivity contribution < 1.29 is 4.79 Å². The maximum Gasteiger partial charge on any atom is 0.253 e. The van der Waals surface area contributed by atoms with Crippen LogP contribution in [0.4, 0.5) is 0 Å². The van der Waals surface area contributed by atoms with E-state index in [1.54, 1.807) is 35.4 Å². The topological polar surface area (TPSA) is 75.6 Å². The van der Waals surface area contributed by atoms with Crippen molar-refractivity contribution in [3.05, 3.63) is 78.4 Å². The molecule has 0 saturated heterocycles. The van der Waals surface area contributed by atoms with E-state index in [9.17, 15) is 4.79 Å². The summed E-state index contributed by atoms with van der Waals surface area (Å²) in [5.74, 6) is 0.514. The Kier molecular flexibility index (Phi) is 3.55. The number of hydrogen-bond donors (Lipinski definition) is 2. The van der Waals surface area contributed by atoms with Crippen LogP contribution >= 0.6 is 0 Å². The highest BCUT2D eigenvalue weighted by atomic mass is 16.1. The van der Waals surface area contributed by atoms with Crippen molar-refractivity contribution in [2.75, 3.05) is 0 Å². The average Bonchev–Trinajstić information content (AvgIpc) is 3.29. The van der Waals surface area contributed by atoms with Crippen molar-refractivity contribution in [3.63, 3.8) is 0 Å². The summed E-state index contributed by atoms with van der Waals surface area (Å²) in [4.78, 5) is 19.8. The van der Waals surface area contributed by atoms with E-state index in [1.807, 2.05) is 36.4 Å². The highest BCUT2D eigenvalue weighted by molar-refractivity contribution is 5.94. The Bertz CT molecular complexity index is 937. The molecule has 118 valence electrons. The summed E-state index contributed by atoms with van der Waals surface area (Å²) in [6.45, 7) is 0.439. The molecule has 4 rings (SSSR count). The summed E-state index contributed by atoms with van der Waals surface area (Å²) in [5.41, 5.74) is 2.54. The Morgan fingerprint density at radius 1 is 1.17 bits per heavy atom. The van der Waals surface area contributed by atoms with E-state index in [1.165, 1.54) is 0 Å². The van der Waals surface area contributed by atoms with Crippen LogP contribution in [0.15, 0.2) is 67.1 Å². The third-order valence-corrected chi connectivity index (χ3v) is 3.77. The minimum atomic E-state index is -0.159. The van der Waals surface area contributed by atoms with Crippen LogP contribution in [0, 0.1) is 0 Å². The molecule has 2 N–H and O–H groups in total. The van der Waals surface area contributed by atoms with E-state index in [4.69, 9.17) is 0 Å². The lowest BCUT2D eigenvalue weighted by atomic mass is 10.2. The molecular formula is C18H15N5O. The summed E-state index contributed by atoms with van der Waals surface area (Å²) in [6.07, 6.45) is 5.04. The van der Waals surface area contributed by atoms with Crippen molar-refractivity contribution in [1.29, 1.82) is 0 Å². The molecule has 0 aliphatic rings. The van der Waals surface area contributed by atoms with Crippen LogP contribution in [0.1, 0.15) is 16.1 Å². The molecule has 0 atom stereocenters. The molecule has 0 bridgehead atoms. The van der Waals surface area contributed by atoms with Gasteiger partial charge >= 0.3 is 0 Å². The largest absolute Gasteiger partial charge is 0.357 e. The normalized spacial score (nSPS) is 10.8. The SMILES string of the molecule is O=C(NCc1cc2ccccc2[nH]1)c1ccc(-n2cccn2)nc1. The van der Waals surface area contributed by atoms with Gasteiger partial charge in [0.25, 0.3) is 5.91 Å². The van der Waals surface area contributed by atoms with Crippen molar-refractivity contribution in [1.82, 2.24) is 25.1 Å². The lowest BCUT2D eigenvalue weighted by Crippen LogP contribution is -2.23. The Hall–Kier alpha value is -3.41. The molecule has 0 aliphatic heterocycles. The lowest BCUT2D eigenvalue weighted by molar-refractivity contribution is 0.0950. The van der Waals surface area contributed by atoms with Gasteiger partial charge in [0.1, 0.15) is 0 Å². The highest BCUT2D eigenvalue weighted by Gasteiger charge is 2.08. The molecule has 0 fully saturated rings. The Morgan fingerprint density at radius 2 is 2.08 bits per heavy atom. The maximum atomic E-state index is 12.2. The quantitative estimate of drug-likeness (QED) is 0.607. The molecule has 6 nitrogen and oxygen atoms in total. The number of amides is 1. The second-order valence-electron chi connectivity index (χ2n) is 5.42. The van der Waals surface area contributed by atoms with E-state index in [0.717, 1.165) is 16.6 Å². The van der Waals surface area contributed by atoms with E-state index < -0.39 is 0 Å². The molecular weight excluding hydrogens is 302 g/mol. The Labute approximate surface area is 138 Å². The highest BCUT2D eigenvalue weighted by Crippen LogP contribution is 2.14. The number of hydrogen-bond acceptors (Lipinski definition) is 3. The van der Waals surface area contributed by atoms with Crippen molar-refractivity contribution >= 4 is 16.8 Å². The van der Waals surface area contributed by atoms with Gasteiger partial charge in [-0.05, 0) is 35.7 Å². The first-order chi connectivity index (χ1) is 11.8. The predicted molar refractivity (Wildman–Crippen MR) is 90.8 cm³/mol. The van der Waals surface area contributed by atoms with Gasteiger partial charge in [-0.2, -0.15) is 5.10 Å². The maximum absolute atomic E-state index is 12.2. The van der Waals surface area contributed by atoms with Gasteiger partial charge in [-0.25, -0.2) is 9.67 Å². The zero-order chi connectivity index (χ0) is 16.4. The second kappa shape index (κ2) is 6.00. The summed E-state index contributed by atoms with van der Waals surface area (Å²) in [7, 11) is 0. The molecule has 3 heterocycles. The van der Waals surface area contributed by atoms with Crippen LogP contribution in [-0.4, -0.2) is 25.7 Å². The van der Waals surface area contributed by atoms with Crippen molar-refractivity contribution in [3.8, 4) is 5.82 Å². The smallest absolute Gasteiger partial charge is 0.253 e. The fourth-order valence-corrected chi connectivity index (χ4v) is 2.57. The molecule has 0 unspecified atom stereocenters. The number of aromatic nitrogens is 4. The number of aromatic amines is 1. The average molecular weight is 317 g/mol. The zero-order valence-corrected chi connectivity index (χ0v) is 12.8. The number of nitrogens with one attached hydrogen (secondary N) is 2. The fourth-order valence-electron chi connectivity index (χ4n) is 2.57. The summed E-state index contributed by atoms with van der Waals surface area (Å²) >= 11 is 0. The lowest BCUT2D eigenvalue weighted by Gasteiger charge is -2.05. The van der Waals surface area contributed by atoms with Gasteiger partial charge in [0.15, 0.2) is 5.82 Å². The van der Waals surface area contributed by atoms with Gasteiger partial charge < -0.3 is 10.3 Å². The number of rotatable bonds is 4. The molecule has 0 radical (unpaired) electrons. The van der Waals surface area contributed by atoms with Gasteiger partial charge in [0, 0.05) is 29.8 Å². The first-order valence-electron chi connectivity index (χ1n) is 7.60. The number of pyridine rings is 1. The van der Waals surface area contributed by atoms with Crippen LogP contribution in [0.3, 0.4) is 0 Å². The van der Waals surface area contributed by atoms with Crippen LogP contribution in [-0.2, 0) is 6.54 Å². The third kappa shape index (κ3) is 2.77. The predicted octanol–water partition coefficient (Wildman–Crippen LogP) is 2.68. The van der Waals surface area contributed by atoms with E-state index in [0.29, 0.717) is 17.9 Å². The van der Waals surface area contributed by atoms with Crippen LogP contribution < -0.4 is 5.32 Å². The number of H-pyrrole nitrogens is 1. The first kappa shape index (κ1) is 14.2. The molecule has 0 saturated carbocycles. The van der Waals surface area contributed by atoms with Crippen LogP contribution in [0.2, 0.25) is 0 Å². The summed E-state index contributed by atoms with van der Waals surface area (Å²) in [5, 5.41) is 8.14. The van der Waals surface area contributed by atoms with E-state index in [2.05, 4.69) is 20.4 Å². The van der Waals surface area contributed by atoms with Crippen molar-refractivity contribution in [2.24, 2.45) is 0 Å². The number of benzene rings is 1. The van der Waals surface area contributed by atoms with Gasteiger partial charge in [-0.1, -0.05) is 18.2 Å². The number of carbonyl (C=O) groups excluding carboxylic acids is 1. The van der Waals surface area contributed by atoms with Gasteiger partial charge in [-0.15, -0.1) is 0 Å². The fraction of sp³-hybridized carbons (Fsp3) is 0.0556. The zero-order valence-electron chi connectivity index (χ0n) is 12.8. The summed E-state index contributed by atoms with van der Waals surface area (Å²) in [6, 6.07) is 15.4. The van der Waals surface area contributed by atoms with Gasteiger partial charge in [-0.3, -0.25) is 4.79 Å². The van der Waals surface area contributed by atoms with Crippen molar-refractivity contribution in [2.45, 2.75) is 6.54 Å². The van der Waals surface area contributed by atoms with E-state index in [-0.39, 0.29) is 5.91 Å². The van der Waals surface area contributed by atoms with Gasteiger partial charge in [0.2, 0.25) is 0 Å². The minimum absolute atomic E-state index is 0.159. The molecule has 24 heavy (non-hydrogen) atoms. The molecule has 0 aliphatic carbocycles. The minimum Gasteiger partial charge on any atom is -0.357 e. The Morgan fingerprint density at radius 3 is 2.83 bits per heavy atom. The molecule has 0 spiro atoms. The first-order valence-corrected chi connectivity index (χ1v) is 7.60. The molecule has 4 aromatic rings. The monoisotopic (exact) mass is 317 g/mol. The second-order valence-corrected chi connectivity index (χ2v) is 5.42. The number of carbonyl (C=O) groups is 1. The van der Waals surface area contributed by atoms with Gasteiger partial charge in [0.05, 0.1) is 12.1 Å². The van der Waals surface area contributed by atoms with E-state index >= 15 is 0 Å². The van der Waals surface area contributed by atoms with Crippen LogP contribution in [0.25, 0.3) is 16.7 Å². The third-order valence-electron chi connectivity index (χ3n) is 3.77. The molecule has 1 amide bonds. The number of para-hydroxylation sites is 1. The van der Waals surface area contributed by atoms with Crippen LogP contribution in [0.5, 0.6) is 0 Å².